The molecule has 2 rings (SSSR count). The number of hydrogen-bond donors (Lipinski definition) is 1. The van der Waals surface area contributed by atoms with E-state index in [1.54, 1.807) is 11.0 Å². The van der Waals surface area contributed by atoms with Crippen molar-refractivity contribution in [2.45, 2.75) is 32.7 Å². The van der Waals surface area contributed by atoms with Crippen molar-refractivity contribution >= 4 is 11.8 Å². The third-order valence-electron chi connectivity index (χ3n) is 3.92. The van der Waals surface area contributed by atoms with Crippen LogP contribution in [0.2, 0.25) is 0 Å². The third kappa shape index (κ3) is 4.59. The van der Waals surface area contributed by atoms with Crippen LogP contribution in [0.5, 0.6) is 0 Å². The molecule has 122 valence electrons. The number of amides is 2. The van der Waals surface area contributed by atoms with Crippen LogP contribution in [0, 0.1) is 0 Å². The number of piperazine rings is 1. The van der Waals surface area contributed by atoms with Gasteiger partial charge in [-0.3, -0.25) is 14.5 Å². The highest BCUT2D eigenvalue weighted by atomic mass is 16.3. The van der Waals surface area contributed by atoms with E-state index >= 15 is 0 Å². The first-order chi connectivity index (χ1) is 10.6. The lowest BCUT2D eigenvalue weighted by Gasteiger charge is -2.34. The molecule has 1 aromatic heterocycles. The fourth-order valence-electron chi connectivity index (χ4n) is 2.71. The highest BCUT2D eigenvalue weighted by molar-refractivity contribution is 5.93. The Labute approximate surface area is 131 Å². The maximum absolute atomic E-state index is 12.2. The van der Waals surface area contributed by atoms with Crippen LogP contribution in [-0.4, -0.2) is 60.4 Å². The first-order valence-electron chi connectivity index (χ1n) is 7.93. The summed E-state index contributed by atoms with van der Waals surface area (Å²) in [6.07, 6.45) is 5.04. The van der Waals surface area contributed by atoms with Crippen LogP contribution >= 0.6 is 0 Å². The van der Waals surface area contributed by atoms with E-state index in [2.05, 4.69) is 17.1 Å². The van der Waals surface area contributed by atoms with Gasteiger partial charge in [-0.2, -0.15) is 0 Å². The predicted octanol–water partition coefficient (Wildman–Crippen LogP) is 1.34. The van der Waals surface area contributed by atoms with Crippen LogP contribution in [0.15, 0.2) is 23.0 Å². The molecular weight excluding hydrogens is 282 g/mol. The molecular formula is C16H25N3O3. The molecule has 22 heavy (non-hydrogen) atoms. The van der Waals surface area contributed by atoms with Gasteiger partial charge in [0.05, 0.1) is 18.4 Å². The highest BCUT2D eigenvalue weighted by Crippen LogP contribution is 2.09. The summed E-state index contributed by atoms with van der Waals surface area (Å²) in [5, 5.41) is 3.01. The monoisotopic (exact) mass is 307 g/mol. The first kappa shape index (κ1) is 16.5. The highest BCUT2D eigenvalue weighted by Gasteiger charge is 2.23. The van der Waals surface area contributed by atoms with E-state index in [0.29, 0.717) is 25.2 Å². The zero-order valence-electron chi connectivity index (χ0n) is 13.4. The molecule has 0 unspecified atom stereocenters. The van der Waals surface area contributed by atoms with Gasteiger partial charge in [-0.15, -0.1) is 0 Å². The smallest absolute Gasteiger partial charge is 0.257 e. The van der Waals surface area contributed by atoms with Crippen molar-refractivity contribution in [3.05, 3.63) is 24.2 Å². The Bertz CT molecular complexity index is 479. The molecule has 0 bridgehead atoms. The minimum absolute atomic E-state index is 0.00517. The molecule has 1 saturated heterocycles. The first-order valence-corrected chi connectivity index (χ1v) is 7.93. The van der Waals surface area contributed by atoms with Gasteiger partial charge in [-0.1, -0.05) is 13.3 Å². The average molecular weight is 307 g/mol. The Morgan fingerprint density at radius 3 is 2.64 bits per heavy atom. The Morgan fingerprint density at radius 2 is 2.05 bits per heavy atom. The van der Waals surface area contributed by atoms with E-state index in [1.807, 2.05) is 6.92 Å². The van der Waals surface area contributed by atoms with Gasteiger partial charge in [0, 0.05) is 32.2 Å². The second-order valence-corrected chi connectivity index (χ2v) is 5.84. The molecule has 1 aliphatic heterocycles. The molecule has 1 N–H and O–H groups in total. The summed E-state index contributed by atoms with van der Waals surface area (Å²) in [5.41, 5.74) is 0.583. The summed E-state index contributed by atoms with van der Waals surface area (Å²) in [6.45, 7) is 7.27. The van der Waals surface area contributed by atoms with Crippen molar-refractivity contribution in [2.24, 2.45) is 0 Å². The van der Waals surface area contributed by atoms with E-state index in [9.17, 15) is 9.59 Å². The van der Waals surface area contributed by atoms with E-state index in [4.69, 9.17) is 4.42 Å². The lowest BCUT2D eigenvalue weighted by atomic mass is 10.2. The van der Waals surface area contributed by atoms with Crippen LogP contribution in [0.25, 0.3) is 0 Å². The maximum atomic E-state index is 12.2. The van der Waals surface area contributed by atoms with E-state index < -0.39 is 0 Å². The van der Waals surface area contributed by atoms with Gasteiger partial charge in [-0.25, -0.2) is 0 Å². The molecule has 0 aliphatic carbocycles. The molecule has 6 nitrogen and oxygen atoms in total. The van der Waals surface area contributed by atoms with Crippen LogP contribution in [-0.2, 0) is 4.79 Å². The molecule has 1 aliphatic rings. The topological polar surface area (TPSA) is 65.8 Å². The lowest BCUT2D eigenvalue weighted by molar-refractivity contribution is -0.123. The van der Waals surface area contributed by atoms with Crippen molar-refractivity contribution in [1.29, 1.82) is 0 Å². The fourth-order valence-corrected chi connectivity index (χ4v) is 2.71. The largest absolute Gasteiger partial charge is 0.472 e. The summed E-state index contributed by atoms with van der Waals surface area (Å²) >= 11 is 0. The number of rotatable bonds is 6. The van der Waals surface area contributed by atoms with Crippen molar-refractivity contribution < 1.29 is 14.0 Å². The molecule has 1 aromatic rings. The summed E-state index contributed by atoms with van der Waals surface area (Å²) < 4.78 is 4.95. The van der Waals surface area contributed by atoms with Gasteiger partial charge in [0.1, 0.15) is 6.26 Å². The number of carbonyl (C=O) groups is 2. The van der Waals surface area contributed by atoms with Gasteiger partial charge >= 0.3 is 0 Å². The second kappa shape index (κ2) is 7.98. The predicted molar refractivity (Wildman–Crippen MR) is 83.6 cm³/mol. The molecule has 2 amide bonds. The molecule has 0 spiro atoms. The molecule has 0 aromatic carbocycles. The Morgan fingerprint density at radius 1 is 1.32 bits per heavy atom. The normalized spacial score (nSPS) is 17.3. The van der Waals surface area contributed by atoms with Crippen LogP contribution in [0.3, 0.4) is 0 Å². The number of carbonyl (C=O) groups excluding carboxylic acids is 2. The van der Waals surface area contributed by atoms with E-state index in [-0.39, 0.29) is 17.9 Å². The zero-order chi connectivity index (χ0) is 15.9. The van der Waals surface area contributed by atoms with Crippen LogP contribution in [0.1, 0.15) is 37.0 Å². The van der Waals surface area contributed by atoms with Crippen molar-refractivity contribution in [2.75, 3.05) is 32.7 Å². The van der Waals surface area contributed by atoms with Gasteiger partial charge < -0.3 is 14.6 Å². The molecule has 1 fully saturated rings. The Kier molecular flexibility index (Phi) is 6.00. The average Bonchev–Trinajstić information content (AvgIpc) is 3.01. The van der Waals surface area contributed by atoms with Crippen molar-refractivity contribution in [3.8, 4) is 0 Å². The van der Waals surface area contributed by atoms with Gasteiger partial charge in [0.15, 0.2) is 0 Å². The zero-order valence-corrected chi connectivity index (χ0v) is 13.4. The second-order valence-electron chi connectivity index (χ2n) is 5.84. The number of furan rings is 1. The van der Waals surface area contributed by atoms with Crippen molar-refractivity contribution in [3.63, 3.8) is 0 Å². The molecule has 0 radical (unpaired) electrons. The van der Waals surface area contributed by atoms with Crippen LogP contribution in [0.4, 0.5) is 0 Å². The van der Waals surface area contributed by atoms with Gasteiger partial charge in [0.2, 0.25) is 5.91 Å². The Hall–Kier alpha value is -1.82. The number of hydrogen-bond acceptors (Lipinski definition) is 4. The summed E-state index contributed by atoms with van der Waals surface area (Å²) in [6, 6.07) is 1.90. The molecule has 2 heterocycles. The minimum Gasteiger partial charge on any atom is -0.472 e. The van der Waals surface area contributed by atoms with Gasteiger partial charge in [-0.05, 0) is 19.4 Å². The van der Waals surface area contributed by atoms with Crippen molar-refractivity contribution in [1.82, 2.24) is 15.1 Å². The SMILES string of the molecule is CCC[C@@H](C)NC(=O)CN1CCN(C(=O)c2ccoc2)CC1. The standard InChI is InChI=1S/C16H25N3O3/c1-3-4-13(2)17-15(20)11-18-6-8-19(9-7-18)16(21)14-5-10-22-12-14/h5,10,12-13H,3-4,6-9,11H2,1-2H3,(H,17,20)/t13-/m1/s1. The van der Waals surface area contributed by atoms with E-state index in [1.165, 1.54) is 12.5 Å². The number of nitrogens with one attached hydrogen (secondary N) is 1. The summed E-state index contributed by atoms with van der Waals surface area (Å²) in [5.74, 6) is 0.0602. The molecule has 0 saturated carbocycles. The Balaban J connectivity index is 1.73. The fraction of sp³-hybridized carbons (Fsp3) is 0.625. The minimum atomic E-state index is -0.00517. The number of nitrogens with zero attached hydrogens (tertiary/aromatic N) is 2. The van der Waals surface area contributed by atoms with Crippen LogP contribution < -0.4 is 5.32 Å². The third-order valence-corrected chi connectivity index (χ3v) is 3.92. The summed E-state index contributed by atoms with van der Waals surface area (Å²) in [4.78, 5) is 28.0. The summed E-state index contributed by atoms with van der Waals surface area (Å²) in [7, 11) is 0. The maximum Gasteiger partial charge on any atom is 0.257 e. The lowest BCUT2D eigenvalue weighted by Crippen LogP contribution is -2.51. The quantitative estimate of drug-likeness (QED) is 0.861. The van der Waals surface area contributed by atoms with Gasteiger partial charge in [0.25, 0.3) is 5.91 Å². The van der Waals surface area contributed by atoms with E-state index in [0.717, 1.165) is 25.9 Å². The molecule has 6 heteroatoms. The molecule has 1 atom stereocenters.